The van der Waals surface area contributed by atoms with Gasteiger partial charge in [-0.1, -0.05) is 5.16 Å². The molecule has 112 valence electrons. The van der Waals surface area contributed by atoms with Gasteiger partial charge in [-0.15, -0.1) is 0 Å². The first-order valence-corrected chi connectivity index (χ1v) is 7.38. The van der Waals surface area contributed by atoms with Gasteiger partial charge in [0.05, 0.1) is 4.90 Å². The van der Waals surface area contributed by atoms with Gasteiger partial charge in [0.1, 0.15) is 11.5 Å². The molecule has 0 radical (unpaired) electrons. The molecular formula is C12H13N3O5S. The molecule has 0 spiro atoms. The number of nitrogens with two attached hydrogens (primary N) is 1. The summed E-state index contributed by atoms with van der Waals surface area (Å²) in [7, 11) is -3.74. The highest BCUT2D eigenvalue weighted by Gasteiger charge is 2.09. The van der Waals surface area contributed by atoms with Crippen LogP contribution in [0.25, 0.3) is 0 Å². The van der Waals surface area contributed by atoms with E-state index in [-0.39, 0.29) is 11.5 Å². The van der Waals surface area contributed by atoms with E-state index in [4.69, 9.17) is 14.4 Å². The van der Waals surface area contributed by atoms with E-state index in [1.165, 1.54) is 24.3 Å². The Labute approximate surface area is 120 Å². The largest absolute Gasteiger partial charge is 0.484 e. The normalized spacial score (nSPS) is 11.1. The third-order valence-corrected chi connectivity index (χ3v) is 3.35. The zero-order valence-electron chi connectivity index (χ0n) is 11.1. The van der Waals surface area contributed by atoms with Crippen molar-refractivity contribution in [3.63, 3.8) is 0 Å². The molecule has 1 aromatic carbocycles. The molecule has 0 aliphatic rings. The number of nitrogens with zero attached hydrogens (tertiary/aromatic N) is 1. The summed E-state index contributed by atoms with van der Waals surface area (Å²) in [5.41, 5.74) is 0. The molecule has 9 heteroatoms. The zero-order valence-corrected chi connectivity index (χ0v) is 11.9. The fourth-order valence-corrected chi connectivity index (χ4v) is 1.99. The van der Waals surface area contributed by atoms with Crippen molar-refractivity contribution in [3.05, 3.63) is 36.1 Å². The number of ether oxygens (including phenoxy) is 1. The SMILES string of the molecule is Cc1cc(NC(=O)COc2ccc(S(N)(=O)=O)cc2)no1. The van der Waals surface area contributed by atoms with Crippen LogP contribution in [-0.2, 0) is 14.8 Å². The van der Waals surface area contributed by atoms with Crippen LogP contribution in [0.5, 0.6) is 5.75 Å². The summed E-state index contributed by atoms with van der Waals surface area (Å²) >= 11 is 0. The highest BCUT2D eigenvalue weighted by atomic mass is 32.2. The van der Waals surface area contributed by atoms with Crippen LogP contribution in [0.15, 0.2) is 39.8 Å². The van der Waals surface area contributed by atoms with Crippen molar-refractivity contribution >= 4 is 21.7 Å². The van der Waals surface area contributed by atoms with E-state index in [1.54, 1.807) is 13.0 Å². The zero-order chi connectivity index (χ0) is 15.5. The van der Waals surface area contributed by atoms with Crippen molar-refractivity contribution in [3.8, 4) is 5.75 Å². The third kappa shape index (κ3) is 4.29. The molecule has 1 heterocycles. The van der Waals surface area contributed by atoms with Gasteiger partial charge in [-0.2, -0.15) is 0 Å². The smallest absolute Gasteiger partial charge is 0.263 e. The number of rotatable bonds is 5. The minimum Gasteiger partial charge on any atom is -0.484 e. The number of amides is 1. The van der Waals surface area contributed by atoms with Gasteiger partial charge >= 0.3 is 0 Å². The number of primary sulfonamides is 1. The number of carbonyl (C=O) groups is 1. The van der Waals surface area contributed by atoms with Gasteiger partial charge in [0.15, 0.2) is 12.4 Å². The minimum absolute atomic E-state index is 0.0302. The summed E-state index contributed by atoms with van der Waals surface area (Å²) < 4.78 is 32.2. The van der Waals surface area contributed by atoms with Crippen LogP contribution in [0.3, 0.4) is 0 Å². The molecule has 1 aromatic heterocycles. The van der Waals surface area contributed by atoms with Gasteiger partial charge in [0.25, 0.3) is 5.91 Å². The number of hydrogen-bond acceptors (Lipinski definition) is 6. The lowest BCUT2D eigenvalue weighted by atomic mass is 10.3. The van der Waals surface area contributed by atoms with Gasteiger partial charge < -0.3 is 14.6 Å². The van der Waals surface area contributed by atoms with Gasteiger partial charge in [0, 0.05) is 6.07 Å². The first-order valence-electron chi connectivity index (χ1n) is 5.83. The van der Waals surface area contributed by atoms with Crippen LogP contribution in [0, 0.1) is 6.92 Å². The molecule has 2 rings (SSSR count). The molecule has 0 aliphatic carbocycles. The predicted octanol–water partition coefficient (Wildman–Crippen LogP) is 0.648. The van der Waals surface area contributed by atoms with E-state index in [2.05, 4.69) is 10.5 Å². The maximum Gasteiger partial charge on any atom is 0.263 e. The maximum absolute atomic E-state index is 11.6. The Hall–Kier alpha value is -2.39. The van der Waals surface area contributed by atoms with E-state index in [1.807, 2.05) is 0 Å². The summed E-state index contributed by atoms with van der Waals surface area (Å²) in [4.78, 5) is 11.6. The quantitative estimate of drug-likeness (QED) is 0.835. The van der Waals surface area contributed by atoms with Crippen molar-refractivity contribution in [2.45, 2.75) is 11.8 Å². The topological polar surface area (TPSA) is 125 Å². The molecule has 0 atom stereocenters. The van der Waals surface area contributed by atoms with Crippen LogP contribution >= 0.6 is 0 Å². The lowest BCUT2D eigenvalue weighted by Crippen LogP contribution is -2.20. The second kappa shape index (κ2) is 5.94. The number of anilines is 1. The van der Waals surface area contributed by atoms with Crippen LogP contribution in [-0.4, -0.2) is 26.1 Å². The molecule has 2 aromatic rings. The van der Waals surface area contributed by atoms with Crippen molar-refractivity contribution < 1.29 is 22.5 Å². The number of carbonyl (C=O) groups excluding carboxylic acids is 1. The molecule has 0 aliphatic heterocycles. The highest BCUT2D eigenvalue weighted by molar-refractivity contribution is 7.89. The number of aryl methyl sites for hydroxylation is 1. The second-order valence-corrected chi connectivity index (χ2v) is 5.74. The monoisotopic (exact) mass is 311 g/mol. The average molecular weight is 311 g/mol. The van der Waals surface area contributed by atoms with Gasteiger partial charge in [-0.25, -0.2) is 13.6 Å². The molecule has 0 saturated heterocycles. The molecule has 3 N–H and O–H groups in total. The fourth-order valence-electron chi connectivity index (χ4n) is 1.48. The van der Waals surface area contributed by atoms with E-state index >= 15 is 0 Å². The lowest BCUT2D eigenvalue weighted by Gasteiger charge is -2.06. The van der Waals surface area contributed by atoms with Crippen molar-refractivity contribution in [1.29, 1.82) is 0 Å². The number of benzene rings is 1. The van der Waals surface area contributed by atoms with Crippen LogP contribution in [0.4, 0.5) is 5.82 Å². The Bertz CT molecular complexity index is 737. The summed E-state index contributed by atoms with van der Waals surface area (Å²) in [6.45, 7) is 1.45. The van der Waals surface area contributed by atoms with Crippen LogP contribution in [0.1, 0.15) is 5.76 Å². The summed E-state index contributed by atoms with van der Waals surface area (Å²) in [5, 5.41) is 11.1. The Morgan fingerprint density at radius 3 is 2.57 bits per heavy atom. The molecule has 0 bridgehead atoms. The fraction of sp³-hybridized carbons (Fsp3) is 0.167. The Kier molecular flexibility index (Phi) is 4.24. The van der Waals surface area contributed by atoms with E-state index in [9.17, 15) is 13.2 Å². The number of hydrogen-bond donors (Lipinski definition) is 2. The molecule has 1 amide bonds. The number of aromatic nitrogens is 1. The Morgan fingerprint density at radius 1 is 1.38 bits per heavy atom. The molecular weight excluding hydrogens is 298 g/mol. The van der Waals surface area contributed by atoms with E-state index < -0.39 is 15.9 Å². The molecule has 0 unspecified atom stereocenters. The maximum atomic E-state index is 11.6. The lowest BCUT2D eigenvalue weighted by molar-refractivity contribution is -0.118. The second-order valence-electron chi connectivity index (χ2n) is 4.18. The Morgan fingerprint density at radius 2 is 2.05 bits per heavy atom. The number of nitrogens with one attached hydrogen (secondary N) is 1. The van der Waals surface area contributed by atoms with Crippen LogP contribution < -0.4 is 15.2 Å². The third-order valence-electron chi connectivity index (χ3n) is 2.42. The standard InChI is InChI=1S/C12H13N3O5S/c1-8-6-11(15-20-8)14-12(16)7-19-9-2-4-10(5-3-9)21(13,17)18/h2-6H,7H2,1H3,(H2,13,17,18)(H,14,15,16). The molecule has 21 heavy (non-hydrogen) atoms. The average Bonchev–Trinajstić information content (AvgIpc) is 2.81. The van der Waals surface area contributed by atoms with E-state index in [0.717, 1.165) is 0 Å². The summed E-state index contributed by atoms with van der Waals surface area (Å²) in [6.07, 6.45) is 0. The first kappa shape index (κ1) is 15.0. The van der Waals surface area contributed by atoms with E-state index in [0.29, 0.717) is 17.3 Å². The minimum atomic E-state index is -3.74. The van der Waals surface area contributed by atoms with Crippen LogP contribution in [0.2, 0.25) is 0 Å². The highest BCUT2D eigenvalue weighted by Crippen LogP contribution is 2.15. The van der Waals surface area contributed by atoms with Crippen molar-refractivity contribution in [2.24, 2.45) is 5.14 Å². The first-order chi connectivity index (χ1) is 9.84. The Balaban J connectivity index is 1.89. The number of sulfonamides is 1. The van der Waals surface area contributed by atoms with Crippen molar-refractivity contribution in [1.82, 2.24) is 5.16 Å². The van der Waals surface area contributed by atoms with Gasteiger partial charge in [-0.05, 0) is 31.2 Å². The predicted molar refractivity (Wildman–Crippen MR) is 73.2 cm³/mol. The molecule has 0 fully saturated rings. The van der Waals surface area contributed by atoms with Gasteiger partial charge in [0.2, 0.25) is 10.0 Å². The summed E-state index contributed by atoms with van der Waals surface area (Å²) in [5.74, 6) is 0.795. The van der Waals surface area contributed by atoms with Gasteiger partial charge in [-0.3, -0.25) is 4.79 Å². The van der Waals surface area contributed by atoms with Crippen molar-refractivity contribution in [2.75, 3.05) is 11.9 Å². The summed E-state index contributed by atoms with van der Waals surface area (Å²) in [6, 6.07) is 6.98. The molecule has 8 nitrogen and oxygen atoms in total. The molecule has 0 saturated carbocycles.